The van der Waals surface area contributed by atoms with Gasteiger partial charge in [0.1, 0.15) is 0 Å². The number of anilines is 1. The Hall–Kier alpha value is -0.650. The van der Waals surface area contributed by atoms with Crippen molar-refractivity contribution < 1.29 is 4.74 Å². The topological polar surface area (TPSA) is 34.1 Å². The first-order valence-electron chi connectivity index (χ1n) is 6.53. The Kier molecular flexibility index (Phi) is 5.60. The minimum absolute atomic E-state index is 0.607. The second-order valence-corrected chi connectivity index (χ2v) is 6.83. The van der Waals surface area contributed by atoms with Gasteiger partial charge in [-0.3, -0.25) is 0 Å². The highest BCUT2D eigenvalue weighted by Gasteiger charge is 2.03. The summed E-state index contributed by atoms with van der Waals surface area (Å²) in [6.07, 6.45) is 1.01. The van der Waals surface area contributed by atoms with Crippen molar-refractivity contribution >= 4 is 42.6 Å². The van der Waals surface area contributed by atoms with Crippen LogP contribution in [0.3, 0.4) is 0 Å². The summed E-state index contributed by atoms with van der Waals surface area (Å²) in [6.45, 7) is 6.88. The third kappa shape index (κ3) is 4.75. The molecule has 2 rings (SSSR count). The van der Waals surface area contributed by atoms with E-state index >= 15 is 0 Å². The predicted molar refractivity (Wildman–Crippen MR) is 86.1 cm³/mol. The number of ether oxygens (including phenoxy) is 1. The molecule has 0 radical (unpaired) electrons. The van der Waals surface area contributed by atoms with Crippen LogP contribution in [0.2, 0.25) is 0 Å². The van der Waals surface area contributed by atoms with E-state index in [1.165, 1.54) is 4.70 Å². The van der Waals surface area contributed by atoms with Crippen molar-refractivity contribution in [2.24, 2.45) is 5.92 Å². The maximum atomic E-state index is 5.54. The highest BCUT2D eigenvalue weighted by Crippen LogP contribution is 2.27. The number of hydrogen-bond acceptors (Lipinski definition) is 4. The van der Waals surface area contributed by atoms with Gasteiger partial charge in [0.2, 0.25) is 0 Å². The number of aromatic nitrogens is 1. The fourth-order valence-corrected chi connectivity index (χ4v) is 2.89. The zero-order valence-corrected chi connectivity index (χ0v) is 13.7. The predicted octanol–water partition coefficient (Wildman–Crippen LogP) is 4.53. The fourth-order valence-electron chi connectivity index (χ4n) is 1.66. The van der Waals surface area contributed by atoms with Crippen LogP contribution in [0.1, 0.15) is 20.3 Å². The number of nitrogens with zero attached hydrogens (tertiary/aromatic N) is 1. The van der Waals surface area contributed by atoms with Crippen LogP contribution in [0.5, 0.6) is 0 Å². The second-order valence-electron chi connectivity index (χ2n) is 4.88. The minimum atomic E-state index is 0.607. The number of fused-ring (bicyclic) bond motifs is 1. The van der Waals surface area contributed by atoms with E-state index in [-0.39, 0.29) is 0 Å². The lowest BCUT2D eigenvalue weighted by Gasteiger charge is -2.06. The first kappa shape index (κ1) is 14.8. The lowest BCUT2D eigenvalue weighted by molar-refractivity contribution is 0.110. The van der Waals surface area contributed by atoms with Crippen LogP contribution in [-0.2, 0) is 4.74 Å². The van der Waals surface area contributed by atoms with E-state index in [2.05, 4.69) is 46.1 Å². The number of halogens is 1. The molecule has 0 unspecified atom stereocenters. The smallest absolute Gasteiger partial charge is 0.183 e. The SMILES string of the molecule is CC(C)COCCCNc1nc2cc(Br)ccc2s1. The third-order valence-electron chi connectivity index (χ3n) is 2.54. The second kappa shape index (κ2) is 7.22. The molecule has 104 valence electrons. The zero-order chi connectivity index (χ0) is 13.7. The molecule has 0 atom stereocenters. The van der Waals surface area contributed by atoms with Gasteiger partial charge in [-0.05, 0) is 30.5 Å². The molecule has 1 N–H and O–H groups in total. The molecule has 0 saturated heterocycles. The maximum Gasteiger partial charge on any atom is 0.183 e. The number of benzene rings is 1. The molecule has 0 aliphatic carbocycles. The molecule has 1 heterocycles. The Bertz CT molecular complexity index is 527. The zero-order valence-electron chi connectivity index (χ0n) is 11.3. The Morgan fingerprint density at radius 3 is 3.05 bits per heavy atom. The molecule has 0 spiro atoms. The fraction of sp³-hybridized carbons (Fsp3) is 0.500. The molecule has 0 saturated carbocycles. The van der Waals surface area contributed by atoms with E-state index in [1.807, 2.05) is 12.1 Å². The molecule has 0 amide bonds. The van der Waals surface area contributed by atoms with Gasteiger partial charge in [0, 0.05) is 24.2 Å². The molecule has 1 aromatic heterocycles. The van der Waals surface area contributed by atoms with E-state index < -0.39 is 0 Å². The number of nitrogens with one attached hydrogen (secondary N) is 1. The van der Waals surface area contributed by atoms with E-state index in [1.54, 1.807) is 11.3 Å². The molecule has 5 heteroatoms. The lowest BCUT2D eigenvalue weighted by Crippen LogP contribution is -2.08. The molecule has 0 aliphatic heterocycles. The van der Waals surface area contributed by atoms with E-state index in [9.17, 15) is 0 Å². The van der Waals surface area contributed by atoms with Crippen molar-refractivity contribution in [1.29, 1.82) is 0 Å². The molecule has 1 aromatic carbocycles. The Labute approximate surface area is 126 Å². The van der Waals surface area contributed by atoms with Crippen molar-refractivity contribution in [3.05, 3.63) is 22.7 Å². The largest absolute Gasteiger partial charge is 0.381 e. The summed E-state index contributed by atoms with van der Waals surface area (Å²) >= 11 is 5.15. The summed E-state index contributed by atoms with van der Waals surface area (Å²) in [5.74, 6) is 0.607. The van der Waals surface area contributed by atoms with Gasteiger partial charge < -0.3 is 10.1 Å². The van der Waals surface area contributed by atoms with E-state index in [4.69, 9.17) is 4.74 Å². The van der Waals surface area contributed by atoms with Gasteiger partial charge in [-0.2, -0.15) is 0 Å². The molecule has 19 heavy (non-hydrogen) atoms. The first-order valence-corrected chi connectivity index (χ1v) is 8.14. The van der Waals surface area contributed by atoms with E-state index in [0.717, 1.165) is 41.3 Å². The van der Waals surface area contributed by atoms with Crippen LogP contribution in [0.4, 0.5) is 5.13 Å². The van der Waals surface area contributed by atoms with Gasteiger partial charge in [-0.15, -0.1) is 0 Å². The average Bonchev–Trinajstić information content (AvgIpc) is 2.75. The molecule has 0 fully saturated rings. The van der Waals surface area contributed by atoms with E-state index in [0.29, 0.717) is 5.92 Å². The highest BCUT2D eigenvalue weighted by molar-refractivity contribution is 9.10. The summed E-state index contributed by atoms with van der Waals surface area (Å²) in [4.78, 5) is 4.56. The molecule has 0 aliphatic rings. The average molecular weight is 343 g/mol. The number of rotatable bonds is 7. The van der Waals surface area contributed by atoms with Gasteiger partial charge in [-0.25, -0.2) is 4.98 Å². The summed E-state index contributed by atoms with van der Waals surface area (Å²) in [6, 6.07) is 6.18. The standard InChI is InChI=1S/C14H19BrN2OS/c1-10(2)9-18-7-3-6-16-14-17-12-8-11(15)4-5-13(12)19-14/h4-5,8,10H,3,6-7,9H2,1-2H3,(H,16,17). The van der Waals surface area contributed by atoms with Crippen molar-refractivity contribution in [3.8, 4) is 0 Å². The maximum absolute atomic E-state index is 5.54. The summed E-state index contributed by atoms with van der Waals surface area (Å²) in [5.41, 5.74) is 1.04. The molecule has 3 nitrogen and oxygen atoms in total. The van der Waals surface area contributed by atoms with Gasteiger partial charge in [0.15, 0.2) is 5.13 Å². The number of hydrogen-bond donors (Lipinski definition) is 1. The quantitative estimate of drug-likeness (QED) is 0.750. The summed E-state index contributed by atoms with van der Waals surface area (Å²) < 4.78 is 7.82. The Morgan fingerprint density at radius 1 is 1.42 bits per heavy atom. The molecule has 2 aromatic rings. The van der Waals surface area contributed by atoms with Crippen molar-refractivity contribution in [2.45, 2.75) is 20.3 Å². The van der Waals surface area contributed by atoms with Crippen molar-refractivity contribution in [3.63, 3.8) is 0 Å². The monoisotopic (exact) mass is 342 g/mol. The van der Waals surface area contributed by atoms with Crippen LogP contribution in [0.15, 0.2) is 22.7 Å². The van der Waals surface area contributed by atoms with Crippen molar-refractivity contribution in [2.75, 3.05) is 25.1 Å². The summed E-state index contributed by atoms with van der Waals surface area (Å²) in [5, 5.41) is 4.34. The van der Waals surface area contributed by atoms with Crippen molar-refractivity contribution in [1.82, 2.24) is 4.98 Å². The lowest BCUT2D eigenvalue weighted by atomic mass is 10.2. The molecule has 0 bridgehead atoms. The van der Waals surface area contributed by atoms with Gasteiger partial charge in [-0.1, -0.05) is 41.1 Å². The molecular weight excluding hydrogens is 324 g/mol. The number of thiazole rings is 1. The van der Waals surface area contributed by atoms with Crippen LogP contribution < -0.4 is 5.32 Å². The van der Waals surface area contributed by atoms with Crippen LogP contribution in [0.25, 0.3) is 10.2 Å². The summed E-state index contributed by atoms with van der Waals surface area (Å²) in [7, 11) is 0. The molecular formula is C14H19BrN2OS. The van der Waals surface area contributed by atoms with Crippen LogP contribution >= 0.6 is 27.3 Å². The Balaban J connectivity index is 1.75. The van der Waals surface area contributed by atoms with Crippen LogP contribution in [-0.4, -0.2) is 24.7 Å². The van der Waals surface area contributed by atoms with Crippen LogP contribution in [0, 0.1) is 5.92 Å². The first-order chi connectivity index (χ1) is 9.15. The van der Waals surface area contributed by atoms with Gasteiger partial charge in [0.25, 0.3) is 0 Å². The minimum Gasteiger partial charge on any atom is -0.381 e. The Morgan fingerprint density at radius 2 is 2.26 bits per heavy atom. The third-order valence-corrected chi connectivity index (χ3v) is 4.03. The highest BCUT2D eigenvalue weighted by atomic mass is 79.9. The van der Waals surface area contributed by atoms with Gasteiger partial charge >= 0.3 is 0 Å². The normalized spacial score (nSPS) is 11.4. The van der Waals surface area contributed by atoms with Gasteiger partial charge in [0.05, 0.1) is 10.2 Å².